The molecule has 4 aliphatic carbocycles. The second-order valence-electron chi connectivity index (χ2n) is 10.00. The zero-order valence-electron chi connectivity index (χ0n) is 18.7. The second-order valence-corrected chi connectivity index (χ2v) is 10.00. The van der Waals surface area contributed by atoms with Gasteiger partial charge in [0, 0.05) is 17.6 Å². The van der Waals surface area contributed by atoms with Crippen molar-refractivity contribution in [2.45, 2.75) is 64.8 Å². The lowest BCUT2D eigenvalue weighted by atomic mass is 9.49. The van der Waals surface area contributed by atoms with E-state index in [1.807, 2.05) is 37.3 Å². The Kier molecular flexibility index (Phi) is 6.35. The average molecular weight is 426 g/mol. The minimum Gasteiger partial charge on any atom is -0.347 e. The Morgan fingerprint density at radius 2 is 1.61 bits per heavy atom. The number of carbonyl (C=O) groups excluding carboxylic acids is 3. The summed E-state index contributed by atoms with van der Waals surface area (Å²) in [4.78, 5) is 40.4. The van der Waals surface area contributed by atoms with E-state index in [0.717, 1.165) is 25.7 Å². The van der Waals surface area contributed by atoms with Crippen molar-refractivity contribution in [2.24, 2.45) is 23.2 Å². The van der Waals surface area contributed by atoms with Gasteiger partial charge in [0.2, 0.25) is 17.7 Å². The van der Waals surface area contributed by atoms with Crippen molar-refractivity contribution >= 4 is 23.4 Å². The second kappa shape index (κ2) is 9.01. The van der Waals surface area contributed by atoms with E-state index in [1.165, 1.54) is 19.3 Å². The molecule has 1 unspecified atom stereocenters. The standard InChI is InChI=1S/C25H35N3O3/c1-3-9-28(17(2)23(30)27-21-7-5-4-6-8-21)22(29)16-26-24(31)25-13-18-10-19(14-25)12-20(11-18)15-25/h4-8,17-20H,3,9-16H2,1-2H3,(H,26,31)(H,27,30). The summed E-state index contributed by atoms with van der Waals surface area (Å²) in [5.74, 6) is 1.69. The highest BCUT2D eigenvalue weighted by molar-refractivity contribution is 5.97. The molecule has 4 bridgehead atoms. The molecule has 31 heavy (non-hydrogen) atoms. The van der Waals surface area contributed by atoms with Crippen molar-refractivity contribution in [1.29, 1.82) is 0 Å². The fourth-order valence-corrected chi connectivity index (χ4v) is 6.52. The fraction of sp³-hybridized carbons (Fsp3) is 0.640. The van der Waals surface area contributed by atoms with Crippen LogP contribution in [0.2, 0.25) is 0 Å². The normalized spacial score (nSPS) is 29.3. The van der Waals surface area contributed by atoms with Crippen molar-refractivity contribution < 1.29 is 14.4 Å². The number of nitrogens with one attached hydrogen (secondary N) is 2. The number of amides is 3. The molecule has 0 aliphatic heterocycles. The average Bonchev–Trinajstić information content (AvgIpc) is 2.74. The highest BCUT2D eigenvalue weighted by Crippen LogP contribution is 2.60. The monoisotopic (exact) mass is 425 g/mol. The van der Waals surface area contributed by atoms with Gasteiger partial charge in [-0.1, -0.05) is 25.1 Å². The molecular weight excluding hydrogens is 390 g/mol. The van der Waals surface area contributed by atoms with Crippen LogP contribution in [0.25, 0.3) is 0 Å². The Balaban J connectivity index is 1.35. The van der Waals surface area contributed by atoms with E-state index in [-0.39, 0.29) is 29.7 Å². The van der Waals surface area contributed by atoms with Crippen LogP contribution >= 0.6 is 0 Å². The Morgan fingerprint density at radius 3 is 2.16 bits per heavy atom. The van der Waals surface area contributed by atoms with Gasteiger partial charge in [0.05, 0.1) is 6.54 Å². The lowest BCUT2D eigenvalue weighted by Crippen LogP contribution is -2.55. The Labute approximate surface area is 185 Å². The smallest absolute Gasteiger partial charge is 0.246 e. The van der Waals surface area contributed by atoms with Crippen LogP contribution < -0.4 is 10.6 Å². The van der Waals surface area contributed by atoms with E-state index in [2.05, 4.69) is 10.6 Å². The molecular formula is C25H35N3O3. The maximum Gasteiger partial charge on any atom is 0.246 e. The van der Waals surface area contributed by atoms with Gasteiger partial charge in [-0.3, -0.25) is 14.4 Å². The van der Waals surface area contributed by atoms with Gasteiger partial charge in [-0.2, -0.15) is 0 Å². The molecule has 3 amide bonds. The van der Waals surface area contributed by atoms with E-state index in [1.54, 1.807) is 11.8 Å². The lowest BCUT2D eigenvalue weighted by Gasteiger charge is -2.55. The third kappa shape index (κ3) is 4.63. The molecule has 168 valence electrons. The van der Waals surface area contributed by atoms with Gasteiger partial charge in [-0.15, -0.1) is 0 Å². The van der Waals surface area contributed by atoms with Crippen LogP contribution in [0, 0.1) is 23.2 Å². The topological polar surface area (TPSA) is 78.5 Å². The van der Waals surface area contributed by atoms with Gasteiger partial charge in [-0.25, -0.2) is 0 Å². The number of hydrogen-bond acceptors (Lipinski definition) is 3. The summed E-state index contributed by atoms with van der Waals surface area (Å²) >= 11 is 0. The molecule has 1 atom stereocenters. The third-order valence-corrected chi connectivity index (χ3v) is 7.59. The minimum atomic E-state index is -0.607. The molecule has 0 spiro atoms. The first-order valence-electron chi connectivity index (χ1n) is 11.8. The maximum atomic E-state index is 13.2. The molecule has 1 aromatic rings. The van der Waals surface area contributed by atoms with Crippen LogP contribution in [0.3, 0.4) is 0 Å². The zero-order chi connectivity index (χ0) is 22.0. The van der Waals surface area contributed by atoms with Gasteiger partial charge < -0.3 is 15.5 Å². The first kappa shape index (κ1) is 21.8. The summed E-state index contributed by atoms with van der Waals surface area (Å²) in [7, 11) is 0. The predicted molar refractivity (Wildman–Crippen MR) is 120 cm³/mol. The van der Waals surface area contributed by atoms with E-state index in [9.17, 15) is 14.4 Å². The highest BCUT2D eigenvalue weighted by atomic mass is 16.2. The molecule has 6 nitrogen and oxygen atoms in total. The molecule has 2 N–H and O–H groups in total. The number of anilines is 1. The summed E-state index contributed by atoms with van der Waals surface area (Å²) in [6.07, 6.45) is 7.53. The van der Waals surface area contributed by atoms with Crippen molar-refractivity contribution in [3.63, 3.8) is 0 Å². The summed E-state index contributed by atoms with van der Waals surface area (Å²) in [5.41, 5.74) is 0.444. The summed E-state index contributed by atoms with van der Waals surface area (Å²) in [6, 6.07) is 8.64. The van der Waals surface area contributed by atoms with Gasteiger partial charge in [0.25, 0.3) is 0 Å². The molecule has 5 rings (SSSR count). The number of para-hydroxylation sites is 1. The van der Waals surface area contributed by atoms with Crippen molar-refractivity contribution in [3.8, 4) is 0 Å². The SMILES string of the molecule is CCCN(C(=O)CNC(=O)C12CC3CC(CC(C3)C1)C2)C(C)C(=O)Nc1ccccc1. The van der Waals surface area contributed by atoms with E-state index < -0.39 is 6.04 Å². The number of rotatable bonds is 8. The minimum absolute atomic E-state index is 0.0382. The quantitative estimate of drug-likeness (QED) is 0.668. The van der Waals surface area contributed by atoms with Crippen molar-refractivity contribution in [1.82, 2.24) is 10.2 Å². The molecule has 4 fully saturated rings. The molecule has 0 saturated heterocycles. The zero-order valence-corrected chi connectivity index (χ0v) is 18.7. The largest absolute Gasteiger partial charge is 0.347 e. The van der Waals surface area contributed by atoms with Crippen LogP contribution in [0.1, 0.15) is 58.8 Å². The molecule has 0 radical (unpaired) electrons. The number of hydrogen-bond donors (Lipinski definition) is 2. The molecule has 0 aromatic heterocycles. The van der Waals surface area contributed by atoms with Gasteiger partial charge in [0.15, 0.2) is 0 Å². The van der Waals surface area contributed by atoms with Crippen molar-refractivity contribution in [2.75, 3.05) is 18.4 Å². The molecule has 4 saturated carbocycles. The number of benzene rings is 1. The van der Waals surface area contributed by atoms with Crippen LogP contribution in [-0.4, -0.2) is 41.8 Å². The van der Waals surface area contributed by atoms with E-state index in [4.69, 9.17) is 0 Å². The Morgan fingerprint density at radius 1 is 1.03 bits per heavy atom. The van der Waals surface area contributed by atoms with Crippen LogP contribution in [0.15, 0.2) is 30.3 Å². The van der Waals surface area contributed by atoms with Gasteiger partial charge >= 0.3 is 0 Å². The van der Waals surface area contributed by atoms with E-state index in [0.29, 0.717) is 30.0 Å². The Hall–Kier alpha value is -2.37. The van der Waals surface area contributed by atoms with Crippen LogP contribution in [0.5, 0.6) is 0 Å². The Bertz CT molecular complexity index is 787. The summed E-state index contributed by atoms with van der Waals surface area (Å²) in [5, 5.41) is 5.83. The molecule has 1 aromatic carbocycles. The predicted octanol–water partition coefficient (Wildman–Crippen LogP) is 3.58. The summed E-state index contributed by atoms with van der Waals surface area (Å²) < 4.78 is 0. The summed E-state index contributed by atoms with van der Waals surface area (Å²) in [6.45, 7) is 4.17. The van der Waals surface area contributed by atoms with Gasteiger partial charge in [0.1, 0.15) is 6.04 Å². The first-order chi connectivity index (χ1) is 14.9. The molecule has 6 heteroatoms. The lowest BCUT2D eigenvalue weighted by molar-refractivity contribution is -0.148. The van der Waals surface area contributed by atoms with Gasteiger partial charge in [-0.05, 0) is 81.8 Å². The van der Waals surface area contributed by atoms with Crippen LogP contribution in [-0.2, 0) is 14.4 Å². The maximum absolute atomic E-state index is 13.2. The first-order valence-corrected chi connectivity index (χ1v) is 11.8. The van der Waals surface area contributed by atoms with Crippen LogP contribution in [0.4, 0.5) is 5.69 Å². The van der Waals surface area contributed by atoms with Crippen molar-refractivity contribution in [3.05, 3.63) is 30.3 Å². The number of carbonyl (C=O) groups is 3. The molecule has 4 aliphatic rings. The molecule has 0 heterocycles. The fourth-order valence-electron chi connectivity index (χ4n) is 6.52. The third-order valence-electron chi connectivity index (χ3n) is 7.59. The number of nitrogens with zero attached hydrogens (tertiary/aromatic N) is 1. The van der Waals surface area contributed by atoms with E-state index >= 15 is 0 Å². The highest BCUT2D eigenvalue weighted by Gasteiger charge is 2.54.